The Morgan fingerprint density at radius 2 is 1.81 bits per heavy atom. The van der Waals surface area contributed by atoms with Crippen LogP contribution in [-0.2, 0) is 6.54 Å². The SMILES string of the molecule is O=C(c1cc([N+](=O)[O-])cc([N+](=O)[O-])c1)N1CCC(C2C[N+]2([O-])Cc2cccc(Cl)c2)C1. The average molecular weight is 447 g/mol. The van der Waals surface area contributed by atoms with Crippen molar-refractivity contribution < 1.29 is 19.3 Å². The molecule has 3 atom stereocenters. The Morgan fingerprint density at radius 1 is 1.13 bits per heavy atom. The van der Waals surface area contributed by atoms with Gasteiger partial charge in [0.1, 0.15) is 19.1 Å². The molecule has 1 amide bonds. The minimum atomic E-state index is -0.764. The topological polar surface area (TPSA) is 130 Å². The Hall–Kier alpha value is -3.08. The highest BCUT2D eigenvalue weighted by molar-refractivity contribution is 6.30. The largest absolute Gasteiger partial charge is 0.632 e. The van der Waals surface area contributed by atoms with Crippen LogP contribution in [0.15, 0.2) is 42.5 Å². The van der Waals surface area contributed by atoms with Crippen molar-refractivity contribution in [3.63, 3.8) is 0 Å². The lowest BCUT2D eigenvalue weighted by Gasteiger charge is -2.26. The van der Waals surface area contributed by atoms with Crippen molar-refractivity contribution in [2.75, 3.05) is 19.6 Å². The highest BCUT2D eigenvalue weighted by atomic mass is 35.5. The number of hydrogen-bond acceptors (Lipinski definition) is 6. The van der Waals surface area contributed by atoms with Gasteiger partial charge in [-0.2, -0.15) is 0 Å². The van der Waals surface area contributed by atoms with Crippen LogP contribution >= 0.6 is 11.6 Å². The number of quaternary nitrogens is 1. The van der Waals surface area contributed by atoms with Gasteiger partial charge in [-0.05, 0) is 18.6 Å². The van der Waals surface area contributed by atoms with Gasteiger partial charge in [-0.15, -0.1) is 0 Å². The van der Waals surface area contributed by atoms with Crippen LogP contribution in [0.5, 0.6) is 0 Å². The van der Waals surface area contributed by atoms with Crippen molar-refractivity contribution in [3.8, 4) is 0 Å². The zero-order chi connectivity index (χ0) is 22.3. The van der Waals surface area contributed by atoms with E-state index in [4.69, 9.17) is 11.6 Å². The number of amides is 1. The van der Waals surface area contributed by atoms with E-state index in [9.17, 15) is 30.2 Å². The first kappa shape index (κ1) is 21.2. The molecule has 2 aliphatic rings. The van der Waals surface area contributed by atoms with Crippen molar-refractivity contribution in [1.82, 2.24) is 4.90 Å². The first-order chi connectivity index (χ1) is 14.7. The Balaban J connectivity index is 1.44. The second-order valence-corrected chi connectivity index (χ2v) is 8.48. The highest BCUT2D eigenvalue weighted by Crippen LogP contribution is 2.41. The number of rotatable bonds is 6. The molecule has 2 saturated heterocycles. The van der Waals surface area contributed by atoms with E-state index in [1.807, 2.05) is 6.07 Å². The molecule has 0 spiro atoms. The first-order valence-corrected chi connectivity index (χ1v) is 10.1. The molecule has 3 unspecified atom stereocenters. The standard InChI is InChI=1S/C20H19ClN4O6/c21-16-3-1-2-13(6-16)11-25(31)12-19(25)14-4-5-22(10-14)20(26)15-7-17(23(27)28)9-18(8-15)24(29)30/h1-3,6-9,14,19H,4-5,10-12H2. The molecule has 0 N–H and O–H groups in total. The summed E-state index contributed by atoms with van der Waals surface area (Å²) in [7, 11) is 0. The minimum Gasteiger partial charge on any atom is -0.632 e. The number of hydrogen-bond donors (Lipinski definition) is 0. The summed E-state index contributed by atoms with van der Waals surface area (Å²) in [6, 6.07) is 9.98. The van der Waals surface area contributed by atoms with Crippen LogP contribution in [0.3, 0.4) is 0 Å². The average Bonchev–Trinajstić information content (AvgIpc) is 3.15. The predicted octanol–water partition coefficient (Wildman–Crippen LogP) is 3.52. The van der Waals surface area contributed by atoms with E-state index in [0.717, 1.165) is 23.8 Å². The molecule has 4 rings (SSSR count). The van der Waals surface area contributed by atoms with Gasteiger partial charge in [-0.1, -0.05) is 23.7 Å². The summed E-state index contributed by atoms with van der Waals surface area (Å²) in [6.45, 7) is 1.51. The molecule has 0 radical (unpaired) electrons. The van der Waals surface area contributed by atoms with Crippen molar-refractivity contribution in [3.05, 3.63) is 84.0 Å². The van der Waals surface area contributed by atoms with Gasteiger partial charge in [-0.25, -0.2) is 0 Å². The first-order valence-electron chi connectivity index (χ1n) is 9.71. The quantitative estimate of drug-likeness (QED) is 0.219. The molecule has 31 heavy (non-hydrogen) atoms. The number of carbonyl (C=O) groups excluding carboxylic acids is 1. The second kappa shape index (κ2) is 7.88. The number of hydroxylamine groups is 3. The van der Waals surface area contributed by atoms with Gasteiger partial charge >= 0.3 is 0 Å². The van der Waals surface area contributed by atoms with Crippen LogP contribution in [0, 0.1) is 31.4 Å². The fourth-order valence-corrected chi connectivity index (χ4v) is 4.54. The van der Waals surface area contributed by atoms with Crippen LogP contribution in [0.2, 0.25) is 5.02 Å². The number of nitro groups is 2. The van der Waals surface area contributed by atoms with Crippen LogP contribution in [-0.4, -0.2) is 51.0 Å². The molecule has 10 nitrogen and oxygen atoms in total. The number of non-ortho nitro benzene ring substituents is 2. The fraction of sp³-hybridized carbons (Fsp3) is 0.350. The molecule has 0 aliphatic carbocycles. The molecule has 0 saturated carbocycles. The van der Waals surface area contributed by atoms with E-state index in [0.29, 0.717) is 37.6 Å². The number of carbonyl (C=O) groups is 1. The molecule has 2 fully saturated rings. The molecule has 2 heterocycles. The molecular weight excluding hydrogens is 428 g/mol. The van der Waals surface area contributed by atoms with E-state index in [1.54, 1.807) is 18.2 Å². The predicted molar refractivity (Wildman–Crippen MR) is 111 cm³/mol. The summed E-state index contributed by atoms with van der Waals surface area (Å²) in [5.41, 5.74) is -0.251. The van der Waals surface area contributed by atoms with Crippen molar-refractivity contribution in [2.45, 2.75) is 19.0 Å². The number of benzene rings is 2. The lowest BCUT2D eigenvalue weighted by Crippen LogP contribution is -2.31. The van der Waals surface area contributed by atoms with Crippen LogP contribution < -0.4 is 0 Å². The van der Waals surface area contributed by atoms with Crippen molar-refractivity contribution in [2.24, 2.45) is 5.92 Å². The minimum absolute atomic E-state index is 0.00863. The summed E-state index contributed by atoms with van der Waals surface area (Å²) >= 11 is 5.99. The number of likely N-dealkylation sites (tertiary alicyclic amines) is 1. The van der Waals surface area contributed by atoms with E-state index < -0.39 is 27.1 Å². The second-order valence-electron chi connectivity index (χ2n) is 8.04. The Labute approximate surface area is 182 Å². The van der Waals surface area contributed by atoms with Gasteiger partial charge in [0.2, 0.25) is 0 Å². The van der Waals surface area contributed by atoms with Crippen molar-refractivity contribution >= 4 is 28.9 Å². The van der Waals surface area contributed by atoms with Gasteiger partial charge in [0.05, 0.1) is 21.5 Å². The molecule has 2 aromatic rings. The van der Waals surface area contributed by atoms with Gasteiger partial charge in [0.15, 0.2) is 0 Å². The third-order valence-corrected chi connectivity index (χ3v) is 6.17. The molecule has 2 aliphatic heterocycles. The number of nitrogens with zero attached hydrogens (tertiary/aromatic N) is 4. The van der Waals surface area contributed by atoms with Gasteiger partial charge in [0, 0.05) is 41.7 Å². The highest BCUT2D eigenvalue weighted by Gasteiger charge is 2.54. The van der Waals surface area contributed by atoms with Crippen LogP contribution in [0.4, 0.5) is 11.4 Å². The Kier molecular flexibility index (Phi) is 5.38. The summed E-state index contributed by atoms with van der Waals surface area (Å²) < 4.78 is -0.366. The third kappa shape index (κ3) is 4.36. The molecule has 162 valence electrons. The Morgan fingerprint density at radius 3 is 2.42 bits per heavy atom. The van der Waals surface area contributed by atoms with E-state index in [1.165, 1.54) is 4.90 Å². The van der Waals surface area contributed by atoms with E-state index >= 15 is 0 Å². The van der Waals surface area contributed by atoms with Gasteiger partial charge in [-0.3, -0.25) is 25.0 Å². The molecule has 0 bridgehead atoms. The number of nitro benzene ring substituents is 2. The van der Waals surface area contributed by atoms with E-state index in [2.05, 4.69) is 0 Å². The summed E-state index contributed by atoms with van der Waals surface area (Å²) in [4.78, 5) is 35.0. The molecule has 2 aromatic carbocycles. The maximum Gasteiger partial charge on any atom is 0.277 e. The maximum atomic E-state index is 13.0. The normalized spacial score (nSPS) is 24.8. The summed E-state index contributed by atoms with van der Waals surface area (Å²) in [6.07, 6.45) is 0.644. The summed E-state index contributed by atoms with van der Waals surface area (Å²) in [5.74, 6) is -0.497. The summed E-state index contributed by atoms with van der Waals surface area (Å²) in [5, 5.41) is 35.8. The molecule has 11 heteroatoms. The molecule has 0 aromatic heterocycles. The van der Waals surface area contributed by atoms with Crippen LogP contribution in [0.25, 0.3) is 0 Å². The van der Waals surface area contributed by atoms with Gasteiger partial charge < -0.3 is 14.8 Å². The Bertz CT molecular complexity index is 1050. The zero-order valence-corrected chi connectivity index (χ0v) is 17.1. The zero-order valence-electron chi connectivity index (χ0n) is 16.3. The fourth-order valence-electron chi connectivity index (χ4n) is 4.33. The lowest BCUT2D eigenvalue weighted by atomic mass is 10.1. The molecular formula is C20H19ClN4O6. The van der Waals surface area contributed by atoms with Crippen molar-refractivity contribution in [1.29, 1.82) is 0 Å². The van der Waals surface area contributed by atoms with E-state index in [-0.39, 0.29) is 22.2 Å². The smallest absolute Gasteiger partial charge is 0.277 e. The lowest BCUT2D eigenvalue weighted by molar-refractivity contribution is -0.777. The third-order valence-electron chi connectivity index (χ3n) is 5.93. The van der Waals surface area contributed by atoms with Gasteiger partial charge in [0.25, 0.3) is 17.3 Å². The maximum absolute atomic E-state index is 13.0. The van der Waals surface area contributed by atoms with Crippen LogP contribution in [0.1, 0.15) is 22.3 Å². The monoisotopic (exact) mass is 446 g/mol. The number of halogens is 1.